The van der Waals surface area contributed by atoms with E-state index in [1.807, 2.05) is 32.1 Å². The van der Waals surface area contributed by atoms with Gasteiger partial charge in [-0.25, -0.2) is 0 Å². The fourth-order valence-corrected chi connectivity index (χ4v) is 1.32. The first kappa shape index (κ1) is 12.3. The molecule has 3 N–H and O–H groups in total. The van der Waals surface area contributed by atoms with Crippen LogP contribution in [0.4, 0.5) is 5.69 Å². The zero-order valence-corrected chi connectivity index (χ0v) is 9.79. The highest BCUT2D eigenvalue weighted by Gasteiger charge is 2.05. The van der Waals surface area contributed by atoms with Crippen molar-refractivity contribution >= 4 is 11.6 Å². The molecule has 16 heavy (non-hydrogen) atoms. The van der Waals surface area contributed by atoms with Crippen molar-refractivity contribution in [3.05, 3.63) is 41.5 Å². The highest BCUT2D eigenvalue weighted by Crippen LogP contribution is 2.12. The third-order valence-corrected chi connectivity index (χ3v) is 2.37. The number of carbonyl (C=O) groups is 1. The van der Waals surface area contributed by atoms with E-state index in [0.717, 1.165) is 12.0 Å². The monoisotopic (exact) mass is 218 g/mol. The summed E-state index contributed by atoms with van der Waals surface area (Å²) in [6.45, 7) is 4.53. The summed E-state index contributed by atoms with van der Waals surface area (Å²) in [5.74, 6) is -0.0730. The molecule has 0 aromatic heterocycles. The lowest BCUT2D eigenvalue weighted by Gasteiger charge is -2.05. The zero-order valence-electron chi connectivity index (χ0n) is 9.79. The number of rotatable bonds is 4. The highest BCUT2D eigenvalue weighted by molar-refractivity contribution is 5.95. The van der Waals surface area contributed by atoms with Gasteiger partial charge in [0, 0.05) is 17.8 Å². The number of allylic oxidation sites excluding steroid dienone is 1. The number of anilines is 1. The number of nitrogens with two attached hydrogens (primary N) is 1. The van der Waals surface area contributed by atoms with E-state index in [0.29, 0.717) is 17.8 Å². The van der Waals surface area contributed by atoms with Crippen LogP contribution in [0.25, 0.3) is 0 Å². The molecule has 86 valence electrons. The molecule has 0 aliphatic carbocycles. The number of hydrogen-bond donors (Lipinski definition) is 2. The van der Waals surface area contributed by atoms with Crippen LogP contribution < -0.4 is 11.1 Å². The molecule has 3 nitrogen and oxygen atoms in total. The van der Waals surface area contributed by atoms with Crippen LogP contribution in [-0.2, 0) is 0 Å². The van der Waals surface area contributed by atoms with Gasteiger partial charge in [0.25, 0.3) is 5.91 Å². The molecule has 1 aromatic rings. The molecule has 0 saturated heterocycles. The first-order valence-corrected chi connectivity index (χ1v) is 5.40. The second kappa shape index (κ2) is 5.95. The van der Waals surface area contributed by atoms with E-state index >= 15 is 0 Å². The van der Waals surface area contributed by atoms with Gasteiger partial charge in [-0.3, -0.25) is 4.79 Å². The number of benzene rings is 1. The Balaban J connectivity index is 2.56. The van der Waals surface area contributed by atoms with Crippen LogP contribution >= 0.6 is 0 Å². The largest absolute Gasteiger partial charge is 0.398 e. The van der Waals surface area contributed by atoms with Crippen LogP contribution in [0.2, 0.25) is 0 Å². The predicted octanol–water partition coefficient (Wildman–Crippen LogP) is 2.27. The van der Waals surface area contributed by atoms with Gasteiger partial charge in [0.2, 0.25) is 0 Å². The summed E-state index contributed by atoms with van der Waals surface area (Å²) < 4.78 is 0. The lowest BCUT2D eigenvalue weighted by molar-refractivity contribution is 0.0954. The van der Waals surface area contributed by atoms with Crippen molar-refractivity contribution in [2.75, 3.05) is 12.3 Å². The van der Waals surface area contributed by atoms with Crippen LogP contribution in [0.15, 0.2) is 30.4 Å². The smallest absolute Gasteiger partial charge is 0.251 e. The Morgan fingerprint density at radius 1 is 1.50 bits per heavy atom. The Morgan fingerprint density at radius 3 is 2.88 bits per heavy atom. The number of hydrogen-bond acceptors (Lipinski definition) is 2. The molecular formula is C13H18N2O. The molecule has 3 heteroatoms. The molecule has 0 aliphatic heterocycles. The van der Waals surface area contributed by atoms with Gasteiger partial charge in [-0.2, -0.15) is 0 Å². The lowest BCUT2D eigenvalue weighted by atomic mass is 10.1. The van der Waals surface area contributed by atoms with Gasteiger partial charge in [-0.05, 0) is 38.0 Å². The first-order chi connectivity index (χ1) is 7.65. The van der Waals surface area contributed by atoms with Crippen molar-refractivity contribution in [1.82, 2.24) is 5.32 Å². The van der Waals surface area contributed by atoms with Crippen molar-refractivity contribution in [2.45, 2.75) is 20.3 Å². The molecule has 0 spiro atoms. The topological polar surface area (TPSA) is 55.1 Å². The SMILES string of the molecule is C/C=C/CCNC(=O)c1ccc(C)c(N)c1. The summed E-state index contributed by atoms with van der Waals surface area (Å²) in [4.78, 5) is 11.7. The molecule has 0 aliphatic rings. The normalized spacial score (nSPS) is 10.6. The van der Waals surface area contributed by atoms with Crippen molar-refractivity contribution in [2.24, 2.45) is 0 Å². The lowest BCUT2D eigenvalue weighted by Crippen LogP contribution is -2.24. The summed E-state index contributed by atoms with van der Waals surface area (Å²) in [7, 11) is 0. The third kappa shape index (κ3) is 3.42. The van der Waals surface area contributed by atoms with Crippen LogP contribution in [0, 0.1) is 6.92 Å². The second-order valence-corrected chi connectivity index (χ2v) is 3.68. The van der Waals surface area contributed by atoms with Gasteiger partial charge in [0.05, 0.1) is 0 Å². The summed E-state index contributed by atoms with van der Waals surface area (Å²) in [5.41, 5.74) is 8.00. The Bertz CT molecular complexity index is 397. The van der Waals surface area contributed by atoms with Gasteiger partial charge >= 0.3 is 0 Å². The second-order valence-electron chi connectivity index (χ2n) is 3.68. The summed E-state index contributed by atoms with van der Waals surface area (Å²) in [5, 5.41) is 2.83. The van der Waals surface area contributed by atoms with Crippen LogP contribution in [-0.4, -0.2) is 12.5 Å². The molecule has 0 bridgehead atoms. The Labute approximate surface area is 96.3 Å². The fraction of sp³-hybridized carbons (Fsp3) is 0.308. The number of aryl methyl sites for hydroxylation is 1. The molecular weight excluding hydrogens is 200 g/mol. The van der Waals surface area contributed by atoms with E-state index in [-0.39, 0.29) is 5.91 Å². The molecule has 1 amide bonds. The maximum absolute atomic E-state index is 11.7. The van der Waals surface area contributed by atoms with E-state index in [9.17, 15) is 4.79 Å². The van der Waals surface area contributed by atoms with Gasteiger partial charge in [0.15, 0.2) is 0 Å². The number of nitrogen functional groups attached to an aromatic ring is 1. The first-order valence-electron chi connectivity index (χ1n) is 5.40. The van der Waals surface area contributed by atoms with Gasteiger partial charge in [-0.1, -0.05) is 18.2 Å². The van der Waals surface area contributed by atoms with Crippen LogP contribution in [0.3, 0.4) is 0 Å². The van der Waals surface area contributed by atoms with Crippen molar-refractivity contribution in [1.29, 1.82) is 0 Å². The van der Waals surface area contributed by atoms with Gasteiger partial charge in [0.1, 0.15) is 0 Å². The molecule has 0 atom stereocenters. The fourth-order valence-electron chi connectivity index (χ4n) is 1.32. The Morgan fingerprint density at radius 2 is 2.25 bits per heavy atom. The Hall–Kier alpha value is -1.77. The van der Waals surface area contributed by atoms with Crippen molar-refractivity contribution in [3.63, 3.8) is 0 Å². The van der Waals surface area contributed by atoms with Gasteiger partial charge in [-0.15, -0.1) is 0 Å². The molecule has 0 saturated carbocycles. The van der Waals surface area contributed by atoms with E-state index in [4.69, 9.17) is 5.73 Å². The van der Waals surface area contributed by atoms with Crippen molar-refractivity contribution in [3.8, 4) is 0 Å². The molecule has 0 fully saturated rings. The van der Waals surface area contributed by atoms with E-state index in [1.165, 1.54) is 0 Å². The molecule has 1 rings (SSSR count). The maximum atomic E-state index is 11.7. The number of nitrogens with one attached hydrogen (secondary N) is 1. The number of carbonyl (C=O) groups excluding carboxylic acids is 1. The minimum absolute atomic E-state index is 0.0730. The predicted molar refractivity (Wildman–Crippen MR) is 67.4 cm³/mol. The minimum atomic E-state index is -0.0730. The van der Waals surface area contributed by atoms with Crippen molar-refractivity contribution < 1.29 is 4.79 Å². The minimum Gasteiger partial charge on any atom is -0.398 e. The Kier molecular flexibility index (Phi) is 4.58. The zero-order chi connectivity index (χ0) is 12.0. The quantitative estimate of drug-likeness (QED) is 0.463. The molecule has 0 radical (unpaired) electrons. The van der Waals surface area contributed by atoms with E-state index in [2.05, 4.69) is 5.32 Å². The van der Waals surface area contributed by atoms with Crippen LogP contribution in [0.1, 0.15) is 29.3 Å². The molecule has 0 heterocycles. The van der Waals surface area contributed by atoms with Gasteiger partial charge < -0.3 is 11.1 Å². The van der Waals surface area contributed by atoms with Crippen LogP contribution in [0.5, 0.6) is 0 Å². The highest BCUT2D eigenvalue weighted by atomic mass is 16.1. The molecule has 0 unspecified atom stereocenters. The standard InChI is InChI=1S/C13H18N2O/c1-3-4-5-8-15-13(16)11-7-6-10(2)12(14)9-11/h3-4,6-7,9H,5,8,14H2,1-2H3,(H,15,16)/b4-3+. The summed E-state index contributed by atoms with van der Waals surface area (Å²) >= 11 is 0. The average molecular weight is 218 g/mol. The average Bonchev–Trinajstić information content (AvgIpc) is 2.28. The third-order valence-electron chi connectivity index (χ3n) is 2.37. The summed E-state index contributed by atoms with van der Waals surface area (Å²) in [6, 6.07) is 5.35. The number of amides is 1. The van der Waals surface area contributed by atoms with E-state index < -0.39 is 0 Å². The van der Waals surface area contributed by atoms with E-state index in [1.54, 1.807) is 12.1 Å². The maximum Gasteiger partial charge on any atom is 0.251 e. The molecule has 1 aromatic carbocycles. The summed E-state index contributed by atoms with van der Waals surface area (Å²) in [6.07, 6.45) is 4.84.